The molecule has 0 saturated heterocycles. The number of hydrogen-bond donors (Lipinski definition) is 4. The third-order valence-electron chi connectivity index (χ3n) is 6.55. The predicted molar refractivity (Wildman–Crippen MR) is 137 cm³/mol. The maximum atomic E-state index is 13.0. The first kappa shape index (κ1) is 31.5. The van der Waals surface area contributed by atoms with Crippen molar-refractivity contribution in [3.05, 3.63) is 65.7 Å². The van der Waals surface area contributed by atoms with Crippen molar-refractivity contribution in [2.75, 3.05) is 0 Å². The Kier molecular flexibility index (Phi) is 10.3. The first-order valence-electron chi connectivity index (χ1n) is 11.8. The number of carbonyl (C=O) groups excluding carboxylic acids is 1. The van der Waals surface area contributed by atoms with Crippen molar-refractivity contribution in [1.29, 1.82) is 0 Å². The highest BCUT2D eigenvalue weighted by atomic mass is 35.5. The van der Waals surface area contributed by atoms with Crippen molar-refractivity contribution in [2.24, 2.45) is 11.7 Å². The molecule has 8 nitrogen and oxygen atoms in total. The van der Waals surface area contributed by atoms with Crippen molar-refractivity contribution in [3.63, 3.8) is 0 Å². The molecule has 1 amide bonds. The first-order valence-corrected chi connectivity index (χ1v) is 13.2. The van der Waals surface area contributed by atoms with E-state index in [1.54, 1.807) is 30.3 Å². The number of carboxylic acids is 1. The molecule has 1 fully saturated rings. The molecule has 1 aliphatic rings. The summed E-state index contributed by atoms with van der Waals surface area (Å²) < 4.78 is 66.0. The number of benzene rings is 2. The molecule has 0 bridgehead atoms. The number of carboxylic acid groups (broad SMARTS) is 1. The zero-order valence-electron chi connectivity index (χ0n) is 20.6. The van der Waals surface area contributed by atoms with Gasteiger partial charge in [-0.15, -0.1) is 12.4 Å². The van der Waals surface area contributed by atoms with Crippen LogP contribution in [0.15, 0.2) is 59.5 Å². The molecule has 38 heavy (non-hydrogen) atoms. The molecule has 1 aliphatic carbocycles. The Morgan fingerprint density at radius 3 is 2.08 bits per heavy atom. The minimum atomic E-state index is -4.56. The largest absolute Gasteiger partial charge is 0.480 e. The van der Waals surface area contributed by atoms with Gasteiger partial charge >= 0.3 is 12.1 Å². The third kappa shape index (κ3) is 8.16. The quantitative estimate of drug-likeness (QED) is 0.355. The molecule has 0 radical (unpaired) electrons. The van der Waals surface area contributed by atoms with Crippen LogP contribution in [0, 0.1) is 5.92 Å². The van der Waals surface area contributed by atoms with Crippen LogP contribution >= 0.6 is 12.4 Å². The Bertz CT molecular complexity index is 1200. The Hall–Kier alpha value is -2.67. The van der Waals surface area contributed by atoms with Crippen molar-refractivity contribution in [3.8, 4) is 0 Å². The average molecular weight is 578 g/mol. The van der Waals surface area contributed by atoms with Crippen molar-refractivity contribution in [2.45, 2.75) is 67.7 Å². The molecule has 0 unspecified atom stereocenters. The number of carbonyl (C=O) groups is 2. The Labute approximate surface area is 225 Å². The van der Waals surface area contributed by atoms with E-state index in [4.69, 9.17) is 5.73 Å². The molecule has 1 saturated carbocycles. The maximum absolute atomic E-state index is 13.0. The summed E-state index contributed by atoms with van der Waals surface area (Å²) in [6, 6.07) is 11.1. The molecular formula is C25H31ClF3N3O5S. The molecule has 0 heterocycles. The molecule has 3 rings (SSSR count). The number of nitrogens with two attached hydrogens (primary N) is 1. The second-order valence-corrected chi connectivity index (χ2v) is 11.3. The van der Waals surface area contributed by atoms with Gasteiger partial charge in [0.25, 0.3) is 0 Å². The lowest BCUT2D eigenvalue weighted by Gasteiger charge is -2.31. The fraction of sp³-hybridized carbons (Fsp3) is 0.440. The van der Waals surface area contributed by atoms with Crippen LogP contribution in [0.5, 0.6) is 0 Å². The van der Waals surface area contributed by atoms with Crippen molar-refractivity contribution in [1.82, 2.24) is 10.0 Å². The molecule has 13 heteroatoms. The zero-order chi connectivity index (χ0) is 27.4. The summed E-state index contributed by atoms with van der Waals surface area (Å²) >= 11 is 0. The Morgan fingerprint density at radius 1 is 1.03 bits per heavy atom. The number of sulfonamides is 1. The van der Waals surface area contributed by atoms with Gasteiger partial charge < -0.3 is 16.2 Å². The molecule has 210 valence electrons. The van der Waals surface area contributed by atoms with Crippen LogP contribution in [0.3, 0.4) is 0 Å². The summed E-state index contributed by atoms with van der Waals surface area (Å²) in [7, 11) is -4.03. The SMILES string of the molecule is C[C@](N)(C[C@H](NC(=O)[C@H]1CC[C@H](NS(=O)(=O)c2ccc(C(F)(F)F)cc2)CC1)c1ccccc1)C(=O)O.Cl. The maximum Gasteiger partial charge on any atom is 0.416 e. The number of aliphatic carboxylic acids is 1. The summed E-state index contributed by atoms with van der Waals surface area (Å²) in [6.07, 6.45) is -3.11. The van der Waals surface area contributed by atoms with E-state index < -0.39 is 51.3 Å². The van der Waals surface area contributed by atoms with E-state index in [9.17, 15) is 36.3 Å². The van der Waals surface area contributed by atoms with Gasteiger partial charge in [0.15, 0.2) is 0 Å². The summed E-state index contributed by atoms with van der Waals surface area (Å²) in [5.74, 6) is -1.88. The standard InChI is InChI=1S/C25H30F3N3O5S.ClH/c1-24(29,23(33)34)15-21(16-5-3-2-4-6-16)30-22(32)17-7-11-19(12-8-17)31-37(35,36)20-13-9-18(10-14-20)25(26,27)28;/h2-6,9-10,13-14,17,19,21,31H,7-8,11-12,15,29H2,1H3,(H,30,32)(H,33,34);1H/t17-,19-,21-,24-;/m0./s1. The van der Waals surface area contributed by atoms with Gasteiger partial charge in [0.05, 0.1) is 16.5 Å². The lowest BCUT2D eigenvalue weighted by atomic mass is 9.85. The molecule has 5 N–H and O–H groups in total. The van der Waals surface area contributed by atoms with E-state index in [0.29, 0.717) is 31.2 Å². The highest BCUT2D eigenvalue weighted by Crippen LogP contribution is 2.31. The van der Waals surface area contributed by atoms with E-state index in [2.05, 4.69) is 10.0 Å². The molecule has 2 aromatic rings. The van der Waals surface area contributed by atoms with Crippen LogP contribution in [0.2, 0.25) is 0 Å². The number of amides is 1. The summed E-state index contributed by atoms with van der Waals surface area (Å²) in [5.41, 5.74) is 4.14. The fourth-order valence-corrected chi connectivity index (χ4v) is 5.63. The van der Waals surface area contributed by atoms with Crippen LogP contribution in [-0.4, -0.2) is 37.0 Å². The van der Waals surface area contributed by atoms with Crippen molar-refractivity contribution >= 4 is 34.3 Å². The number of nitrogens with one attached hydrogen (secondary N) is 2. The molecule has 0 spiro atoms. The van der Waals surface area contributed by atoms with Gasteiger partial charge in [-0.2, -0.15) is 13.2 Å². The minimum absolute atomic E-state index is 0. The second kappa shape index (κ2) is 12.5. The molecule has 2 aromatic carbocycles. The van der Waals surface area contributed by atoms with E-state index in [1.165, 1.54) is 6.92 Å². The average Bonchev–Trinajstić information content (AvgIpc) is 2.83. The zero-order valence-corrected chi connectivity index (χ0v) is 22.2. The first-order chi connectivity index (χ1) is 17.2. The lowest BCUT2D eigenvalue weighted by molar-refractivity contribution is -0.143. The Balaban J connectivity index is 0.00000507. The lowest BCUT2D eigenvalue weighted by Crippen LogP contribution is -2.49. The van der Waals surface area contributed by atoms with E-state index >= 15 is 0 Å². The van der Waals surface area contributed by atoms with Crippen LogP contribution in [0.25, 0.3) is 0 Å². The monoisotopic (exact) mass is 577 g/mol. The van der Waals surface area contributed by atoms with Gasteiger partial charge in [-0.1, -0.05) is 30.3 Å². The summed E-state index contributed by atoms with van der Waals surface area (Å²) in [5, 5.41) is 12.3. The highest BCUT2D eigenvalue weighted by molar-refractivity contribution is 7.89. The molecule has 0 aromatic heterocycles. The van der Waals surface area contributed by atoms with Gasteiger partial charge in [0.2, 0.25) is 15.9 Å². The van der Waals surface area contributed by atoms with Crippen LogP contribution in [0.4, 0.5) is 13.2 Å². The van der Waals surface area contributed by atoms with Gasteiger partial charge in [-0.3, -0.25) is 9.59 Å². The van der Waals surface area contributed by atoms with Gasteiger partial charge in [0.1, 0.15) is 5.54 Å². The van der Waals surface area contributed by atoms with Crippen molar-refractivity contribution < 1.29 is 36.3 Å². The summed E-state index contributed by atoms with van der Waals surface area (Å²) in [4.78, 5) is 24.3. The highest BCUT2D eigenvalue weighted by Gasteiger charge is 2.35. The van der Waals surface area contributed by atoms with Crippen LogP contribution < -0.4 is 15.8 Å². The Morgan fingerprint density at radius 2 is 1.58 bits per heavy atom. The van der Waals surface area contributed by atoms with Gasteiger partial charge in [0, 0.05) is 18.4 Å². The molecule has 2 atom stereocenters. The molecular weight excluding hydrogens is 547 g/mol. The number of halogens is 4. The number of rotatable bonds is 9. The summed E-state index contributed by atoms with van der Waals surface area (Å²) in [6.45, 7) is 1.38. The van der Waals surface area contributed by atoms with Gasteiger partial charge in [-0.05, 0) is 62.4 Å². The van der Waals surface area contributed by atoms with E-state index in [-0.39, 0.29) is 29.6 Å². The van der Waals surface area contributed by atoms with Crippen LogP contribution in [0.1, 0.15) is 56.2 Å². The number of hydrogen-bond acceptors (Lipinski definition) is 5. The molecule has 0 aliphatic heterocycles. The fourth-order valence-electron chi connectivity index (χ4n) is 4.32. The minimum Gasteiger partial charge on any atom is -0.480 e. The number of alkyl halides is 3. The predicted octanol–water partition coefficient (Wildman–Crippen LogP) is 4.01. The second-order valence-electron chi connectivity index (χ2n) is 9.59. The smallest absolute Gasteiger partial charge is 0.416 e. The van der Waals surface area contributed by atoms with E-state index in [1.807, 2.05) is 0 Å². The van der Waals surface area contributed by atoms with Gasteiger partial charge in [-0.25, -0.2) is 13.1 Å². The van der Waals surface area contributed by atoms with Crippen LogP contribution in [-0.2, 0) is 25.8 Å². The third-order valence-corrected chi connectivity index (χ3v) is 8.08. The topological polar surface area (TPSA) is 139 Å². The normalized spacial score (nSPS) is 20.4. The van der Waals surface area contributed by atoms with E-state index in [0.717, 1.165) is 24.3 Å².